The van der Waals surface area contributed by atoms with Gasteiger partial charge in [0.2, 0.25) is 5.82 Å². The lowest BCUT2D eigenvalue weighted by Gasteiger charge is -2.18. The van der Waals surface area contributed by atoms with Crippen LogP contribution in [0.15, 0.2) is 84.9 Å². The zero-order valence-corrected chi connectivity index (χ0v) is 18.6. The van der Waals surface area contributed by atoms with Gasteiger partial charge < -0.3 is 10.2 Å². The van der Waals surface area contributed by atoms with E-state index in [0.29, 0.717) is 30.2 Å². The van der Waals surface area contributed by atoms with Gasteiger partial charge in [-0.1, -0.05) is 54.6 Å². The lowest BCUT2D eigenvalue weighted by molar-refractivity contribution is 0.0772. The number of nitrogens with one attached hydrogen (secondary N) is 1. The topological polar surface area (TPSA) is 80.1 Å². The highest BCUT2D eigenvalue weighted by atomic mass is 16.2. The zero-order chi connectivity index (χ0) is 23.2. The third-order valence-electron chi connectivity index (χ3n) is 5.26. The van der Waals surface area contributed by atoms with E-state index >= 15 is 0 Å². The van der Waals surface area contributed by atoms with Crippen LogP contribution in [0, 0.1) is 0 Å². The summed E-state index contributed by atoms with van der Waals surface area (Å²) < 4.78 is 1.66. The van der Waals surface area contributed by atoms with Crippen molar-refractivity contribution in [2.75, 3.05) is 18.4 Å². The summed E-state index contributed by atoms with van der Waals surface area (Å²) in [5.74, 6) is 0.0823. The molecular formula is C26H25N5O2. The van der Waals surface area contributed by atoms with Gasteiger partial charge in [-0.2, -0.15) is 0 Å². The number of hydrogen-bond acceptors (Lipinski definition) is 4. The molecule has 2 amide bonds. The van der Waals surface area contributed by atoms with Gasteiger partial charge in [0.05, 0.1) is 5.69 Å². The molecule has 1 aromatic heterocycles. The maximum absolute atomic E-state index is 13.0. The van der Waals surface area contributed by atoms with E-state index in [1.807, 2.05) is 74.5 Å². The molecule has 0 radical (unpaired) electrons. The van der Waals surface area contributed by atoms with Crippen LogP contribution < -0.4 is 5.32 Å². The summed E-state index contributed by atoms with van der Waals surface area (Å²) in [6, 6.07) is 26.0. The molecule has 4 aromatic rings. The van der Waals surface area contributed by atoms with Crippen molar-refractivity contribution in [2.45, 2.75) is 13.8 Å². The second-order valence-corrected chi connectivity index (χ2v) is 7.38. The Bertz CT molecular complexity index is 1190. The molecule has 0 saturated heterocycles. The Morgan fingerprint density at radius 3 is 2.21 bits per heavy atom. The molecule has 4 rings (SSSR count). The van der Waals surface area contributed by atoms with E-state index in [2.05, 4.69) is 15.4 Å². The number of nitrogens with zero attached hydrogens (tertiary/aromatic N) is 4. The molecule has 0 atom stereocenters. The van der Waals surface area contributed by atoms with Gasteiger partial charge in [0.15, 0.2) is 5.82 Å². The molecule has 3 aromatic carbocycles. The maximum Gasteiger partial charge on any atom is 0.295 e. The number of para-hydroxylation sites is 1. The fraction of sp³-hybridized carbons (Fsp3) is 0.154. The molecule has 0 aliphatic heterocycles. The molecule has 0 fully saturated rings. The third-order valence-corrected chi connectivity index (χ3v) is 5.26. The molecule has 0 aliphatic rings. The van der Waals surface area contributed by atoms with Gasteiger partial charge in [-0.05, 0) is 44.2 Å². The number of rotatable bonds is 7. The Balaban J connectivity index is 1.64. The van der Waals surface area contributed by atoms with E-state index in [4.69, 9.17) is 0 Å². The monoisotopic (exact) mass is 439 g/mol. The van der Waals surface area contributed by atoms with E-state index < -0.39 is 5.91 Å². The van der Waals surface area contributed by atoms with Crippen molar-refractivity contribution < 1.29 is 9.59 Å². The molecule has 0 unspecified atom stereocenters. The third kappa shape index (κ3) is 4.82. The van der Waals surface area contributed by atoms with Crippen LogP contribution in [0.4, 0.5) is 5.69 Å². The summed E-state index contributed by atoms with van der Waals surface area (Å²) in [5.41, 5.74) is 2.68. The standard InChI is InChI=1S/C26H25N5O2/c1-3-30(4-2)26(33)20-14-11-15-21(18-20)27-25(32)23-28-24(19-12-7-5-8-13-19)31(29-23)22-16-9-6-10-17-22/h5-18H,3-4H2,1-2H3,(H,27,32). The van der Waals surface area contributed by atoms with Crippen molar-refractivity contribution in [1.82, 2.24) is 19.7 Å². The molecular weight excluding hydrogens is 414 g/mol. The number of benzene rings is 3. The van der Waals surface area contributed by atoms with Crippen LogP contribution in [0.2, 0.25) is 0 Å². The molecule has 0 saturated carbocycles. The first-order valence-corrected chi connectivity index (χ1v) is 10.9. The van der Waals surface area contributed by atoms with Gasteiger partial charge in [0.1, 0.15) is 0 Å². The summed E-state index contributed by atoms with van der Waals surface area (Å²) in [6.07, 6.45) is 0. The van der Waals surface area contributed by atoms with Crippen molar-refractivity contribution in [1.29, 1.82) is 0 Å². The van der Waals surface area contributed by atoms with Crippen LogP contribution in [-0.2, 0) is 0 Å². The van der Waals surface area contributed by atoms with Crippen LogP contribution >= 0.6 is 0 Å². The van der Waals surface area contributed by atoms with Crippen LogP contribution in [0.1, 0.15) is 34.8 Å². The van der Waals surface area contributed by atoms with Crippen molar-refractivity contribution in [3.63, 3.8) is 0 Å². The SMILES string of the molecule is CCN(CC)C(=O)c1cccc(NC(=O)c2nc(-c3ccccc3)n(-c3ccccc3)n2)c1. The van der Waals surface area contributed by atoms with Crippen molar-refractivity contribution in [3.05, 3.63) is 96.3 Å². The summed E-state index contributed by atoms with van der Waals surface area (Å²) in [6.45, 7) is 5.11. The highest BCUT2D eigenvalue weighted by molar-refractivity contribution is 6.03. The quantitative estimate of drug-likeness (QED) is 0.454. The van der Waals surface area contributed by atoms with Crippen molar-refractivity contribution in [3.8, 4) is 17.1 Å². The molecule has 0 spiro atoms. The van der Waals surface area contributed by atoms with Gasteiger partial charge in [-0.25, -0.2) is 9.67 Å². The Labute approximate surface area is 192 Å². The van der Waals surface area contributed by atoms with E-state index in [1.54, 1.807) is 33.8 Å². The molecule has 33 heavy (non-hydrogen) atoms. The van der Waals surface area contributed by atoms with Gasteiger partial charge in [0, 0.05) is 29.9 Å². The minimum Gasteiger partial charge on any atom is -0.339 e. The Hall–Kier alpha value is -4.26. The van der Waals surface area contributed by atoms with E-state index in [1.165, 1.54) is 0 Å². The Morgan fingerprint density at radius 1 is 0.879 bits per heavy atom. The van der Waals surface area contributed by atoms with Crippen LogP contribution in [0.25, 0.3) is 17.1 Å². The number of hydrogen-bond donors (Lipinski definition) is 1. The summed E-state index contributed by atoms with van der Waals surface area (Å²) in [4.78, 5) is 31.9. The molecule has 1 N–H and O–H groups in total. The molecule has 7 nitrogen and oxygen atoms in total. The predicted octanol–water partition coefficient (Wildman–Crippen LogP) is 4.67. The number of amides is 2. The number of aromatic nitrogens is 3. The zero-order valence-electron chi connectivity index (χ0n) is 18.6. The van der Waals surface area contributed by atoms with Gasteiger partial charge in [-0.3, -0.25) is 9.59 Å². The van der Waals surface area contributed by atoms with Crippen LogP contribution in [-0.4, -0.2) is 44.6 Å². The van der Waals surface area contributed by atoms with Crippen LogP contribution in [0.5, 0.6) is 0 Å². The lowest BCUT2D eigenvalue weighted by Crippen LogP contribution is -2.30. The number of carbonyl (C=O) groups is 2. The first-order valence-electron chi connectivity index (χ1n) is 10.9. The maximum atomic E-state index is 13.0. The minimum absolute atomic E-state index is 0.0400. The number of carbonyl (C=O) groups excluding carboxylic acids is 2. The first kappa shape index (κ1) is 22.0. The fourth-order valence-corrected chi connectivity index (χ4v) is 3.54. The fourth-order valence-electron chi connectivity index (χ4n) is 3.54. The second-order valence-electron chi connectivity index (χ2n) is 7.38. The highest BCUT2D eigenvalue weighted by Crippen LogP contribution is 2.21. The minimum atomic E-state index is -0.450. The van der Waals surface area contributed by atoms with E-state index in [0.717, 1.165) is 11.3 Å². The Morgan fingerprint density at radius 2 is 1.55 bits per heavy atom. The van der Waals surface area contributed by atoms with Gasteiger partial charge >= 0.3 is 0 Å². The molecule has 1 heterocycles. The normalized spacial score (nSPS) is 10.6. The lowest BCUT2D eigenvalue weighted by atomic mass is 10.1. The highest BCUT2D eigenvalue weighted by Gasteiger charge is 2.19. The molecule has 166 valence electrons. The summed E-state index contributed by atoms with van der Waals surface area (Å²) in [5, 5.41) is 7.31. The largest absolute Gasteiger partial charge is 0.339 e. The summed E-state index contributed by atoms with van der Waals surface area (Å²) >= 11 is 0. The van der Waals surface area contributed by atoms with Crippen molar-refractivity contribution in [2.24, 2.45) is 0 Å². The molecule has 7 heteroatoms. The average Bonchev–Trinajstić information content (AvgIpc) is 3.32. The van der Waals surface area contributed by atoms with Crippen molar-refractivity contribution >= 4 is 17.5 Å². The van der Waals surface area contributed by atoms with E-state index in [9.17, 15) is 9.59 Å². The van der Waals surface area contributed by atoms with Crippen LogP contribution in [0.3, 0.4) is 0 Å². The summed E-state index contributed by atoms with van der Waals surface area (Å²) in [7, 11) is 0. The Kier molecular flexibility index (Phi) is 6.59. The molecule has 0 bridgehead atoms. The van der Waals surface area contributed by atoms with Gasteiger partial charge in [0.25, 0.3) is 11.8 Å². The van der Waals surface area contributed by atoms with Gasteiger partial charge in [-0.15, -0.1) is 5.10 Å². The smallest absolute Gasteiger partial charge is 0.295 e. The number of anilines is 1. The average molecular weight is 440 g/mol. The van der Waals surface area contributed by atoms with E-state index in [-0.39, 0.29) is 11.7 Å². The molecule has 0 aliphatic carbocycles. The second kappa shape index (κ2) is 9.91. The first-order chi connectivity index (χ1) is 16.1. The predicted molar refractivity (Wildman–Crippen MR) is 128 cm³/mol.